The van der Waals surface area contributed by atoms with Gasteiger partial charge in [0.05, 0.1) is 23.5 Å². The largest absolute Gasteiger partial charge is 0.455 e. The van der Waals surface area contributed by atoms with Crippen molar-refractivity contribution in [2.75, 3.05) is 18.0 Å². The van der Waals surface area contributed by atoms with E-state index in [1.165, 1.54) is 6.42 Å². The normalized spacial score (nSPS) is 13.7. The lowest BCUT2D eigenvalue weighted by Gasteiger charge is -2.27. The second-order valence-electron chi connectivity index (χ2n) is 6.98. The third-order valence-corrected chi connectivity index (χ3v) is 4.97. The van der Waals surface area contributed by atoms with Gasteiger partial charge < -0.3 is 15.4 Å². The minimum atomic E-state index is 0.436. The summed E-state index contributed by atoms with van der Waals surface area (Å²) in [7, 11) is 0. The molecule has 0 amide bonds. The van der Waals surface area contributed by atoms with Crippen LogP contribution in [0.15, 0.2) is 48.8 Å². The maximum absolute atomic E-state index is 9.31. The fourth-order valence-electron chi connectivity index (χ4n) is 3.39. The fourth-order valence-corrected chi connectivity index (χ4v) is 3.39. The maximum atomic E-state index is 9.31. The monoisotopic (exact) mass is 386 g/mol. The number of nitriles is 1. The smallest absolute Gasteiger partial charge is 0.154 e. The van der Waals surface area contributed by atoms with Crippen LogP contribution in [0.5, 0.6) is 11.5 Å². The Hall–Kier alpha value is -3.50. The minimum Gasteiger partial charge on any atom is -0.455 e. The Labute approximate surface area is 169 Å². The first-order valence-electron chi connectivity index (χ1n) is 9.72. The van der Waals surface area contributed by atoms with E-state index in [0.29, 0.717) is 23.6 Å². The third-order valence-electron chi connectivity index (χ3n) is 4.97. The maximum Gasteiger partial charge on any atom is 0.154 e. The second-order valence-corrected chi connectivity index (χ2v) is 6.98. The number of nitrogens with zero attached hydrogens (tertiary/aromatic N) is 5. The van der Waals surface area contributed by atoms with Crippen molar-refractivity contribution in [2.24, 2.45) is 5.73 Å². The Morgan fingerprint density at radius 3 is 2.66 bits per heavy atom. The summed E-state index contributed by atoms with van der Waals surface area (Å²) in [5.74, 6) is 1.94. The predicted molar refractivity (Wildman–Crippen MR) is 110 cm³/mol. The first-order chi connectivity index (χ1) is 14.3. The molecule has 1 fully saturated rings. The number of ether oxygens (including phenoxy) is 1. The van der Waals surface area contributed by atoms with Gasteiger partial charge in [-0.3, -0.25) is 4.98 Å². The van der Waals surface area contributed by atoms with Crippen LogP contribution in [0.2, 0.25) is 0 Å². The molecule has 4 rings (SSSR count). The average molecular weight is 386 g/mol. The zero-order valence-electron chi connectivity index (χ0n) is 16.1. The molecule has 1 aliphatic heterocycles. The van der Waals surface area contributed by atoms with Gasteiger partial charge in [0.1, 0.15) is 5.75 Å². The summed E-state index contributed by atoms with van der Waals surface area (Å²) in [5.41, 5.74) is 8.68. The van der Waals surface area contributed by atoms with Gasteiger partial charge in [-0.25, -0.2) is 0 Å². The van der Waals surface area contributed by atoms with Crippen LogP contribution < -0.4 is 15.4 Å². The lowest BCUT2D eigenvalue weighted by molar-refractivity contribution is 0.478. The lowest BCUT2D eigenvalue weighted by Crippen LogP contribution is -2.30. The standard InChI is InChI=1S/C22H22N6O/c23-12-16-4-6-19(20-7-5-17(13-24)14-25-20)21(10-16)29-18-11-22(27-26-15-18)28-8-2-1-3-9-28/h4-7,10-11,14-15H,1-3,8-9,13,24H2. The van der Waals surface area contributed by atoms with Gasteiger partial charge in [-0.05, 0) is 49.1 Å². The zero-order chi connectivity index (χ0) is 20.1. The summed E-state index contributed by atoms with van der Waals surface area (Å²) in [4.78, 5) is 6.71. The molecule has 1 saturated heterocycles. The number of anilines is 1. The van der Waals surface area contributed by atoms with E-state index in [1.54, 1.807) is 24.5 Å². The molecule has 0 bridgehead atoms. The lowest BCUT2D eigenvalue weighted by atomic mass is 10.1. The molecule has 0 unspecified atom stereocenters. The van der Waals surface area contributed by atoms with Crippen LogP contribution in [0, 0.1) is 11.3 Å². The van der Waals surface area contributed by atoms with E-state index in [4.69, 9.17) is 10.5 Å². The molecule has 0 atom stereocenters. The molecule has 1 aromatic carbocycles. The Morgan fingerprint density at radius 1 is 1.07 bits per heavy atom. The van der Waals surface area contributed by atoms with E-state index in [2.05, 4.69) is 26.2 Å². The van der Waals surface area contributed by atoms with Crippen LogP contribution in [-0.2, 0) is 6.54 Å². The summed E-state index contributed by atoms with van der Waals surface area (Å²) < 4.78 is 6.15. The highest BCUT2D eigenvalue weighted by molar-refractivity contribution is 5.69. The number of piperidine rings is 1. The topological polar surface area (TPSA) is 101 Å². The van der Waals surface area contributed by atoms with Gasteiger partial charge in [0.2, 0.25) is 0 Å². The second kappa shape index (κ2) is 8.67. The van der Waals surface area contributed by atoms with Crippen LogP contribution in [0.1, 0.15) is 30.4 Å². The molecule has 0 spiro atoms. The van der Waals surface area contributed by atoms with Gasteiger partial charge >= 0.3 is 0 Å². The fraction of sp³-hybridized carbons (Fsp3) is 0.273. The average Bonchev–Trinajstić information content (AvgIpc) is 2.80. The number of nitrogens with two attached hydrogens (primary N) is 1. The molecule has 29 heavy (non-hydrogen) atoms. The molecule has 0 aliphatic carbocycles. The van der Waals surface area contributed by atoms with E-state index < -0.39 is 0 Å². The van der Waals surface area contributed by atoms with Crippen molar-refractivity contribution < 1.29 is 4.74 Å². The summed E-state index contributed by atoms with van der Waals surface area (Å²) in [6.45, 7) is 2.39. The number of aromatic nitrogens is 3. The first-order valence-corrected chi connectivity index (χ1v) is 9.72. The summed E-state index contributed by atoms with van der Waals surface area (Å²) in [6.07, 6.45) is 6.90. The van der Waals surface area contributed by atoms with Gasteiger partial charge in [-0.2, -0.15) is 10.4 Å². The Balaban J connectivity index is 1.66. The van der Waals surface area contributed by atoms with Crippen molar-refractivity contribution in [3.63, 3.8) is 0 Å². The Bertz CT molecular complexity index is 1020. The molecule has 0 radical (unpaired) electrons. The molecule has 0 saturated carbocycles. The highest BCUT2D eigenvalue weighted by atomic mass is 16.5. The Morgan fingerprint density at radius 2 is 1.93 bits per heavy atom. The summed E-state index contributed by atoms with van der Waals surface area (Å²) >= 11 is 0. The molecule has 3 heterocycles. The van der Waals surface area contributed by atoms with Gasteiger partial charge in [0.25, 0.3) is 0 Å². The zero-order valence-corrected chi connectivity index (χ0v) is 16.1. The van der Waals surface area contributed by atoms with Gasteiger partial charge in [-0.15, -0.1) is 5.10 Å². The molecule has 2 aromatic heterocycles. The SMILES string of the molecule is N#Cc1ccc(-c2ccc(CN)cn2)c(Oc2cnnc(N3CCCCC3)c2)c1. The van der Waals surface area contributed by atoms with Crippen molar-refractivity contribution in [2.45, 2.75) is 25.8 Å². The number of rotatable bonds is 5. The van der Waals surface area contributed by atoms with Gasteiger partial charge in [0.15, 0.2) is 11.6 Å². The van der Waals surface area contributed by atoms with Crippen molar-refractivity contribution in [3.05, 3.63) is 59.9 Å². The van der Waals surface area contributed by atoms with E-state index in [0.717, 1.165) is 48.6 Å². The third kappa shape index (κ3) is 4.33. The molecule has 1 aliphatic rings. The van der Waals surface area contributed by atoms with Crippen LogP contribution >= 0.6 is 0 Å². The van der Waals surface area contributed by atoms with E-state index >= 15 is 0 Å². The molecule has 2 N–H and O–H groups in total. The molecule has 146 valence electrons. The van der Waals surface area contributed by atoms with Crippen molar-refractivity contribution in [3.8, 4) is 28.8 Å². The van der Waals surface area contributed by atoms with E-state index in [9.17, 15) is 5.26 Å². The van der Waals surface area contributed by atoms with Crippen molar-refractivity contribution in [1.29, 1.82) is 5.26 Å². The van der Waals surface area contributed by atoms with Crippen LogP contribution in [0.25, 0.3) is 11.3 Å². The minimum absolute atomic E-state index is 0.436. The summed E-state index contributed by atoms with van der Waals surface area (Å²) in [5, 5.41) is 17.7. The molecule has 7 nitrogen and oxygen atoms in total. The number of pyridine rings is 1. The van der Waals surface area contributed by atoms with Crippen LogP contribution in [-0.4, -0.2) is 28.3 Å². The van der Waals surface area contributed by atoms with Gasteiger partial charge in [0, 0.05) is 37.5 Å². The van der Waals surface area contributed by atoms with Gasteiger partial charge in [-0.1, -0.05) is 6.07 Å². The molecule has 7 heteroatoms. The van der Waals surface area contributed by atoms with Crippen molar-refractivity contribution >= 4 is 5.82 Å². The van der Waals surface area contributed by atoms with Crippen molar-refractivity contribution in [1.82, 2.24) is 15.2 Å². The predicted octanol–water partition coefficient (Wildman–Crippen LogP) is 3.65. The molecule has 3 aromatic rings. The number of hydrogen-bond donors (Lipinski definition) is 1. The molecular weight excluding hydrogens is 364 g/mol. The highest BCUT2D eigenvalue weighted by Gasteiger charge is 2.15. The quantitative estimate of drug-likeness (QED) is 0.714. The summed E-state index contributed by atoms with van der Waals surface area (Å²) in [6, 6.07) is 13.2. The molecular formula is C22H22N6O. The highest BCUT2D eigenvalue weighted by Crippen LogP contribution is 2.34. The van der Waals surface area contributed by atoms with Crippen LogP contribution in [0.3, 0.4) is 0 Å². The number of hydrogen-bond acceptors (Lipinski definition) is 7. The van der Waals surface area contributed by atoms with Crippen LogP contribution in [0.4, 0.5) is 5.82 Å². The number of benzene rings is 1. The van der Waals surface area contributed by atoms with E-state index in [-0.39, 0.29) is 0 Å². The van der Waals surface area contributed by atoms with E-state index in [1.807, 2.05) is 24.3 Å². The Kier molecular flexibility index (Phi) is 5.63. The first kappa shape index (κ1) is 18.8.